The van der Waals surface area contributed by atoms with Gasteiger partial charge in [-0.25, -0.2) is 0 Å². The number of rotatable bonds is 7. The predicted octanol–water partition coefficient (Wildman–Crippen LogP) is 4.87. The summed E-state index contributed by atoms with van der Waals surface area (Å²) in [6.45, 7) is 4.64. The monoisotopic (exact) mass is 431 g/mol. The normalized spacial score (nSPS) is 11.0. The first kappa shape index (κ1) is 21.0. The summed E-state index contributed by atoms with van der Waals surface area (Å²) in [7, 11) is 0. The molecule has 0 amide bonds. The van der Waals surface area contributed by atoms with Gasteiger partial charge >= 0.3 is 0 Å². The quantitative estimate of drug-likeness (QED) is 0.328. The molecule has 0 bridgehead atoms. The van der Waals surface area contributed by atoms with Gasteiger partial charge in [-0.3, -0.25) is 14.9 Å². The molecule has 0 atom stereocenters. The van der Waals surface area contributed by atoms with E-state index in [2.05, 4.69) is 41.4 Å². The van der Waals surface area contributed by atoms with E-state index in [0.29, 0.717) is 18.2 Å². The van der Waals surface area contributed by atoms with E-state index in [1.807, 2.05) is 12.1 Å². The number of para-hydroxylation sites is 1. The summed E-state index contributed by atoms with van der Waals surface area (Å²) in [6, 6.07) is 17.2. The molecule has 0 spiro atoms. The van der Waals surface area contributed by atoms with Gasteiger partial charge in [0.05, 0.1) is 11.2 Å². The molecule has 0 saturated carbocycles. The Morgan fingerprint density at radius 1 is 1.12 bits per heavy atom. The van der Waals surface area contributed by atoms with Gasteiger partial charge in [-0.2, -0.15) is 9.67 Å². The highest BCUT2D eigenvalue weighted by Crippen LogP contribution is 2.23. The summed E-state index contributed by atoms with van der Waals surface area (Å²) in [5.41, 5.74) is 1.82. The van der Waals surface area contributed by atoms with Crippen molar-refractivity contribution in [1.82, 2.24) is 14.8 Å². The van der Waals surface area contributed by atoms with E-state index in [4.69, 9.17) is 4.42 Å². The van der Waals surface area contributed by atoms with Crippen molar-refractivity contribution in [2.24, 2.45) is 0 Å². The van der Waals surface area contributed by atoms with Crippen LogP contribution in [0.4, 0.5) is 11.6 Å². The summed E-state index contributed by atoms with van der Waals surface area (Å²) in [4.78, 5) is 28.4. The van der Waals surface area contributed by atoms with Crippen LogP contribution < -0.4 is 5.32 Å². The van der Waals surface area contributed by atoms with Crippen LogP contribution in [0.1, 0.15) is 41.3 Å². The van der Waals surface area contributed by atoms with Crippen molar-refractivity contribution in [2.75, 3.05) is 5.32 Å². The fraction of sp³-hybridized carbons (Fsp3) is 0.174. The lowest BCUT2D eigenvalue weighted by Gasteiger charge is -2.09. The third-order valence-corrected chi connectivity index (χ3v) is 4.97. The molecule has 2 aromatic carbocycles. The van der Waals surface area contributed by atoms with E-state index in [1.54, 1.807) is 18.2 Å². The Morgan fingerprint density at radius 2 is 1.88 bits per heavy atom. The van der Waals surface area contributed by atoms with Crippen LogP contribution in [0.15, 0.2) is 71.3 Å². The van der Waals surface area contributed by atoms with E-state index < -0.39 is 10.8 Å². The topological polar surface area (TPSA) is 116 Å². The molecule has 162 valence electrons. The van der Waals surface area contributed by atoms with Gasteiger partial charge in [-0.1, -0.05) is 50.2 Å². The third-order valence-electron chi connectivity index (χ3n) is 4.97. The predicted molar refractivity (Wildman–Crippen MR) is 118 cm³/mol. The number of nitrogens with one attached hydrogen (secondary N) is 1. The maximum atomic E-state index is 13.2. The first-order valence-corrected chi connectivity index (χ1v) is 10.1. The number of nitro benzene ring substituents is 1. The maximum Gasteiger partial charge on any atom is 0.288 e. The number of nitrogens with zero attached hydrogens (tertiary/aromatic N) is 4. The molecule has 4 aromatic rings. The molecule has 2 aromatic heterocycles. The lowest BCUT2D eigenvalue weighted by molar-refractivity contribution is -0.385. The number of carbonyl (C=O) groups is 1. The molecule has 4 rings (SSSR count). The SMILES string of the molecule is CC(C)c1ccc(CNc2nc(-c3ccco3)nn2C(=O)c2ccccc2[N+](=O)[O-])cc1. The molecule has 1 N–H and O–H groups in total. The van der Waals surface area contributed by atoms with E-state index in [1.165, 1.54) is 30.0 Å². The molecular weight excluding hydrogens is 410 g/mol. The molecule has 0 radical (unpaired) electrons. The molecule has 0 fully saturated rings. The second-order valence-electron chi connectivity index (χ2n) is 7.48. The number of hydrogen-bond acceptors (Lipinski definition) is 7. The first-order valence-electron chi connectivity index (χ1n) is 10.1. The van der Waals surface area contributed by atoms with Gasteiger partial charge in [-0.05, 0) is 35.2 Å². The number of furan rings is 1. The number of hydrogen-bond donors (Lipinski definition) is 1. The zero-order chi connectivity index (χ0) is 22.7. The van der Waals surface area contributed by atoms with E-state index >= 15 is 0 Å². The van der Waals surface area contributed by atoms with Gasteiger partial charge in [0.2, 0.25) is 11.8 Å². The number of anilines is 1. The Hall–Kier alpha value is -4.27. The van der Waals surface area contributed by atoms with Gasteiger partial charge in [0.25, 0.3) is 11.6 Å². The zero-order valence-electron chi connectivity index (χ0n) is 17.6. The second kappa shape index (κ2) is 8.84. The molecule has 32 heavy (non-hydrogen) atoms. The molecule has 0 aliphatic heterocycles. The lowest BCUT2D eigenvalue weighted by atomic mass is 10.0. The van der Waals surface area contributed by atoms with Crippen LogP contribution in [0, 0.1) is 10.1 Å². The fourth-order valence-electron chi connectivity index (χ4n) is 3.21. The highest BCUT2D eigenvalue weighted by molar-refractivity contribution is 6.00. The van der Waals surface area contributed by atoms with Crippen LogP contribution in [-0.4, -0.2) is 25.6 Å². The van der Waals surface area contributed by atoms with Crippen molar-refractivity contribution in [3.05, 3.63) is 93.7 Å². The largest absolute Gasteiger partial charge is 0.461 e. The Labute approximate surface area is 183 Å². The molecule has 0 unspecified atom stereocenters. The van der Waals surface area contributed by atoms with Crippen LogP contribution >= 0.6 is 0 Å². The summed E-state index contributed by atoms with van der Waals surface area (Å²) in [5.74, 6) is 0.492. The average molecular weight is 431 g/mol. The van der Waals surface area contributed by atoms with Crippen molar-refractivity contribution in [1.29, 1.82) is 0 Å². The van der Waals surface area contributed by atoms with Crippen molar-refractivity contribution >= 4 is 17.5 Å². The van der Waals surface area contributed by atoms with Crippen molar-refractivity contribution in [2.45, 2.75) is 26.3 Å². The maximum absolute atomic E-state index is 13.2. The number of benzene rings is 2. The fourth-order valence-corrected chi connectivity index (χ4v) is 3.21. The van der Waals surface area contributed by atoms with Crippen molar-refractivity contribution in [3.63, 3.8) is 0 Å². The van der Waals surface area contributed by atoms with E-state index in [9.17, 15) is 14.9 Å². The minimum atomic E-state index is -0.666. The van der Waals surface area contributed by atoms with Gasteiger partial charge in [0.15, 0.2) is 5.76 Å². The summed E-state index contributed by atoms with van der Waals surface area (Å²) >= 11 is 0. The highest BCUT2D eigenvalue weighted by Gasteiger charge is 2.25. The summed E-state index contributed by atoms with van der Waals surface area (Å²) in [5, 5.41) is 18.8. The Balaban J connectivity index is 1.67. The first-order chi connectivity index (χ1) is 15.4. The van der Waals surface area contributed by atoms with E-state index in [-0.39, 0.29) is 23.0 Å². The standard InChI is InChI=1S/C23H21N5O4/c1-15(2)17-11-9-16(10-12-17)14-24-23-25-21(20-8-5-13-32-20)26-27(23)22(29)18-6-3-4-7-19(18)28(30)31/h3-13,15H,14H2,1-2H3,(H,24,25,26). The van der Waals surface area contributed by atoms with Gasteiger partial charge in [-0.15, -0.1) is 5.10 Å². The number of carbonyl (C=O) groups excluding carboxylic acids is 1. The van der Waals surface area contributed by atoms with Gasteiger partial charge in [0, 0.05) is 12.6 Å². The zero-order valence-corrected chi connectivity index (χ0v) is 17.6. The average Bonchev–Trinajstić information content (AvgIpc) is 3.47. The molecule has 2 heterocycles. The summed E-state index contributed by atoms with van der Waals surface area (Å²) < 4.78 is 6.38. The number of aromatic nitrogens is 3. The van der Waals surface area contributed by atoms with Crippen LogP contribution in [-0.2, 0) is 6.54 Å². The molecule has 0 aliphatic rings. The molecular formula is C23H21N5O4. The smallest absolute Gasteiger partial charge is 0.288 e. The van der Waals surface area contributed by atoms with Crippen molar-refractivity contribution < 1.29 is 14.1 Å². The highest BCUT2D eigenvalue weighted by atomic mass is 16.6. The molecule has 0 aliphatic carbocycles. The van der Waals surface area contributed by atoms with Crippen LogP contribution in [0.2, 0.25) is 0 Å². The third kappa shape index (κ3) is 4.27. The van der Waals surface area contributed by atoms with Gasteiger partial charge < -0.3 is 9.73 Å². The summed E-state index contributed by atoms with van der Waals surface area (Å²) in [6.07, 6.45) is 1.48. The Bertz CT molecular complexity index is 1240. The minimum absolute atomic E-state index is 0.0854. The van der Waals surface area contributed by atoms with Crippen molar-refractivity contribution in [3.8, 4) is 11.6 Å². The number of nitro groups is 1. The Morgan fingerprint density at radius 3 is 2.53 bits per heavy atom. The lowest BCUT2D eigenvalue weighted by Crippen LogP contribution is -2.18. The van der Waals surface area contributed by atoms with Crippen LogP contribution in [0.25, 0.3) is 11.6 Å². The second-order valence-corrected chi connectivity index (χ2v) is 7.48. The molecule has 0 saturated heterocycles. The Kier molecular flexibility index (Phi) is 5.80. The molecule has 9 nitrogen and oxygen atoms in total. The van der Waals surface area contributed by atoms with E-state index in [0.717, 1.165) is 10.2 Å². The minimum Gasteiger partial charge on any atom is -0.461 e. The van der Waals surface area contributed by atoms with Crippen LogP contribution in [0.3, 0.4) is 0 Å². The van der Waals surface area contributed by atoms with Gasteiger partial charge in [0.1, 0.15) is 5.56 Å². The molecule has 9 heteroatoms. The van der Waals surface area contributed by atoms with Crippen LogP contribution in [0.5, 0.6) is 0 Å².